The van der Waals surface area contributed by atoms with Gasteiger partial charge in [-0.2, -0.15) is 0 Å². The lowest BCUT2D eigenvalue weighted by Crippen LogP contribution is -2.23. The summed E-state index contributed by atoms with van der Waals surface area (Å²) in [5.41, 5.74) is 19.7. The number of nitrogens with zero attached hydrogens (tertiary/aromatic N) is 3. The Morgan fingerprint density at radius 1 is 0.560 bits per heavy atom. The van der Waals surface area contributed by atoms with E-state index in [4.69, 9.17) is 9.98 Å². The van der Waals surface area contributed by atoms with Gasteiger partial charge < -0.3 is 10.2 Å². The van der Waals surface area contributed by atoms with Crippen molar-refractivity contribution < 1.29 is 0 Å². The highest BCUT2D eigenvalue weighted by atomic mass is 15.2. The van der Waals surface area contributed by atoms with Crippen LogP contribution in [0.15, 0.2) is 216 Å². The third-order valence-corrected chi connectivity index (χ3v) is 17.4. The lowest BCUT2D eigenvalue weighted by molar-refractivity contribution is 0.797. The van der Waals surface area contributed by atoms with E-state index >= 15 is 0 Å². The summed E-state index contributed by atoms with van der Waals surface area (Å²) in [6.07, 6.45) is 11.4. The summed E-state index contributed by atoms with van der Waals surface area (Å²) in [5.74, 6) is 2.49. The van der Waals surface area contributed by atoms with E-state index < -0.39 is 0 Å². The average molecular weight is 961 g/mol. The van der Waals surface area contributed by atoms with E-state index in [1.54, 1.807) is 0 Å². The van der Waals surface area contributed by atoms with Gasteiger partial charge >= 0.3 is 0 Å². The SMILES string of the molecule is CN/C(=N\C(=N/Cc1cc2ccccc2c2ccccc12)c1ccc(N2C3=Cc4ccccc4CC3c3cc4c(cc32)CCC=C4)c2c1C1CC1c1c-2ccc2ccccc12)c1cc2ccccc2c2ccccc12. The van der Waals surface area contributed by atoms with Crippen LogP contribution in [0.25, 0.3) is 77.1 Å². The Bertz CT molecular complexity index is 4420. The molecule has 1 fully saturated rings. The Balaban J connectivity index is 0.976. The van der Waals surface area contributed by atoms with Gasteiger partial charge in [0, 0.05) is 35.4 Å². The summed E-state index contributed by atoms with van der Waals surface area (Å²) in [6, 6.07) is 72.5. The minimum atomic E-state index is 0.243. The topological polar surface area (TPSA) is 40.0 Å². The van der Waals surface area contributed by atoms with Gasteiger partial charge in [-0.15, -0.1) is 0 Å². The van der Waals surface area contributed by atoms with Crippen molar-refractivity contribution in [3.8, 4) is 11.1 Å². The number of rotatable bonds is 5. The van der Waals surface area contributed by atoms with Crippen molar-refractivity contribution in [1.29, 1.82) is 0 Å². The van der Waals surface area contributed by atoms with Gasteiger partial charge in [0.15, 0.2) is 5.84 Å². The third kappa shape index (κ3) is 6.55. The first kappa shape index (κ1) is 42.6. The highest BCUT2D eigenvalue weighted by Crippen LogP contribution is 2.67. The number of amidine groups is 2. The first-order chi connectivity index (χ1) is 37.1. The minimum absolute atomic E-state index is 0.243. The normalized spacial score (nSPS) is 18.1. The van der Waals surface area contributed by atoms with Gasteiger partial charge in [-0.3, -0.25) is 4.99 Å². The van der Waals surface area contributed by atoms with E-state index in [0.717, 1.165) is 53.9 Å². The van der Waals surface area contributed by atoms with Crippen molar-refractivity contribution in [2.75, 3.05) is 11.9 Å². The third-order valence-electron chi connectivity index (χ3n) is 17.4. The van der Waals surface area contributed by atoms with E-state index in [1.807, 2.05) is 7.05 Å². The monoisotopic (exact) mass is 960 g/mol. The van der Waals surface area contributed by atoms with Crippen LogP contribution in [0.3, 0.4) is 0 Å². The predicted octanol–water partition coefficient (Wildman–Crippen LogP) is 17.1. The summed E-state index contributed by atoms with van der Waals surface area (Å²) in [5, 5.41) is 16.1. The van der Waals surface area contributed by atoms with E-state index in [9.17, 15) is 0 Å². The fourth-order valence-corrected chi connectivity index (χ4v) is 13.9. The van der Waals surface area contributed by atoms with Crippen LogP contribution in [-0.4, -0.2) is 18.7 Å². The molecule has 0 spiro atoms. The van der Waals surface area contributed by atoms with Crippen LogP contribution in [0.4, 0.5) is 11.4 Å². The fraction of sp³-hybridized carbons (Fsp3) is 0.127. The van der Waals surface area contributed by atoms with E-state index in [-0.39, 0.29) is 5.92 Å². The first-order valence-electron chi connectivity index (χ1n) is 26.9. The maximum absolute atomic E-state index is 5.84. The number of fused-ring (bicyclic) bond motifs is 19. The number of allylic oxidation sites excluding steroid dienone is 2. The highest BCUT2D eigenvalue weighted by Gasteiger charge is 2.50. The molecule has 0 bridgehead atoms. The van der Waals surface area contributed by atoms with Crippen LogP contribution in [0.5, 0.6) is 0 Å². The number of anilines is 2. The van der Waals surface area contributed by atoms with Gasteiger partial charge in [0.25, 0.3) is 0 Å². The Labute approximate surface area is 436 Å². The molecule has 3 unspecified atom stereocenters. The highest BCUT2D eigenvalue weighted by molar-refractivity contribution is 6.22. The molecular formula is C71H52N4. The van der Waals surface area contributed by atoms with Crippen molar-refractivity contribution in [3.05, 3.63) is 262 Å². The molecule has 11 aromatic rings. The number of hydrogen-bond donors (Lipinski definition) is 1. The second-order valence-electron chi connectivity index (χ2n) is 21.4. The Kier molecular flexibility index (Phi) is 9.42. The number of aliphatic imine (C=N–C) groups is 2. The molecule has 16 rings (SSSR count). The molecule has 0 amide bonds. The Morgan fingerprint density at radius 2 is 1.24 bits per heavy atom. The van der Waals surface area contributed by atoms with E-state index in [2.05, 4.69) is 223 Å². The molecule has 4 heteroatoms. The maximum atomic E-state index is 5.84. The zero-order valence-electron chi connectivity index (χ0n) is 41.8. The van der Waals surface area contributed by atoms with Crippen LogP contribution in [-0.2, 0) is 19.4 Å². The molecule has 4 nitrogen and oxygen atoms in total. The second-order valence-corrected chi connectivity index (χ2v) is 21.4. The van der Waals surface area contributed by atoms with Gasteiger partial charge in [-0.1, -0.05) is 170 Å². The van der Waals surface area contributed by atoms with Gasteiger partial charge in [0.2, 0.25) is 0 Å². The molecule has 4 aliphatic carbocycles. The molecule has 356 valence electrons. The minimum Gasteiger partial charge on any atom is -0.373 e. The van der Waals surface area contributed by atoms with Crippen LogP contribution < -0.4 is 10.2 Å². The zero-order valence-corrected chi connectivity index (χ0v) is 41.8. The lowest BCUT2D eigenvalue weighted by Gasteiger charge is -2.33. The molecule has 0 radical (unpaired) electrons. The summed E-state index contributed by atoms with van der Waals surface area (Å²) in [7, 11) is 2.01. The van der Waals surface area contributed by atoms with Crippen molar-refractivity contribution in [2.24, 2.45) is 9.98 Å². The molecule has 1 N–H and O–H groups in total. The molecule has 0 saturated heterocycles. The maximum Gasteiger partial charge on any atom is 0.157 e. The molecule has 11 aromatic carbocycles. The summed E-state index contributed by atoms with van der Waals surface area (Å²) >= 11 is 0. The molecule has 1 saturated carbocycles. The number of hydrogen-bond acceptors (Lipinski definition) is 2. The Morgan fingerprint density at radius 3 is 2.05 bits per heavy atom. The predicted molar refractivity (Wildman–Crippen MR) is 315 cm³/mol. The smallest absolute Gasteiger partial charge is 0.157 e. The molecular weight excluding hydrogens is 909 g/mol. The molecule has 5 aliphatic rings. The quantitative estimate of drug-likeness (QED) is 0.106. The summed E-state index contributed by atoms with van der Waals surface area (Å²) < 4.78 is 0. The standard InChI is InChI=1S/C71H52N4/c1-72-70(63-37-48-22-8-10-24-51(48)55-28-14-15-29-56(55)63)74-71(73-41-49-34-47-21-7-9-23-50(47)54-27-13-12-25-52(49)54)58-32-33-64(69-57-31-30-42-16-6-11-26-53(42)67(57)61-40-62(61)68(58)69)75-65-38-45-19-4-2-17-43(45)35-59(65)60-36-44-18-3-5-20-46(44)39-66(60)75/h2-4,6-19,21-34,36-39,59,61-62H,5,20,35,40-41H2,1H3,(H,72,73,74). The number of benzene rings is 11. The van der Waals surface area contributed by atoms with Crippen molar-refractivity contribution in [1.82, 2.24) is 5.32 Å². The van der Waals surface area contributed by atoms with E-state index in [0.29, 0.717) is 18.4 Å². The zero-order chi connectivity index (χ0) is 49.3. The van der Waals surface area contributed by atoms with Crippen molar-refractivity contribution >= 4 is 89.1 Å². The van der Waals surface area contributed by atoms with Crippen LogP contribution in [0.2, 0.25) is 0 Å². The van der Waals surface area contributed by atoms with Crippen LogP contribution >= 0.6 is 0 Å². The number of nitrogens with one attached hydrogen (secondary N) is 1. The van der Waals surface area contributed by atoms with Crippen molar-refractivity contribution in [3.63, 3.8) is 0 Å². The molecule has 1 heterocycles. The average Bonchev–Trinajstić information content (AvgIpc) is 4.22. The molecule has 1 aliphatic heterocycles. The summed E-state index contributed by atoms with van der Waals surface area (Å²) in [4.78, 5) is 14.3. The van der Waals surface area contributed by atoms with E-state index in [1.165, 1.54) is 121 Å². The molecule has 3 atom stereocenters. The molecule has 75 heavy (non-hydrogen) atoms. The second kappa shape index (κ2) is 16.6. The fourth-order valence-electron chi connectivity index (χ4n) is 13.9. The number of aryl methyl sites for hydroxylation is 1. The van der Waals surface area contributed by atoms with Gasteiger partial charge in [-0.25, -0.2) is 4.99 Å². The van der Waals surface area contributed by atoms with Gasteiger partial charge in [-0.05, 0) is 184 Å². The Hall–Kier alpha value is -8.86. The van der Waals surface area contributed by atoms with Crippen LogP contribution in [0.1, 0.15) is 86.2 Å². The van der Waals surface area contributed by atoms with Crippen molar-refractivity contribution in [2.45, 2.75) is 50.0 Å². The summed E-state index contributed by atoms with van der Waals surface area (Å²) in [6.45, 7) is 0.471. The van der Waals surface area contributed by atoms with Gasteiger partial charge in [0.1, 0.15) is 5.84 Å². The first-order valence-corrected chi connectivity index (χ1v) is 26.9. The lowest BCUT2D eigenvalue weighted by atomic mass is 9.79. The van der Waals surface area contributed by atoms with Crippen LogP contribution in [0, 0.1) is 0 Å². The largest absolute Gasteiger partial charge is 0.373 e. The molecule has 0 aromatic heterocycles. The van der Waals surface area contributed by atoms with Gasteiger partial charge in [0.05, 0.1) is 17.9 Å².